The number of phenols is 1. The third-order valence-electron chi connectivity index (χ3n) is 12.0. The summed E-state index contributed by atoms with van der Waals surface area (Å²) >= 11 is 0. The van der Waals surface area contributed by atoms with Crippen molar-refractivity contribution in [2.75, 3.05) is 0 Å². The van der Waals surface area contributed by atoms with Crippen LogP contribution in [-0.2, 0) is 31.9 Å². The van der Waals surface area contributed by atoms with Gasteiger partial charge in [0.25, 0.3) is 0 Å². The molecule has 0 radical (unpaired) electrons. The van der Waals surface area contributed by atoms with E-state index in [1.54, 1.807) is 30.3 Å². The fraction of sp³-hybridized carbons (Fsp3) is 0.276. The van der Waals surface area contributed by atoms with Gasteiger partial charge >= 0.3 is 0 Å². The van der Waals surface area contributed by atoms with Gasteiger partial charge in [-0.2, -0.15) is 0 Å². The van der Waals surface area contributed by atoms with E-state index in [0.717, 1.165) is 50.2 Å². The molecule has 6 aromatic carbocycles. The molecule has 63 heavy (non-hydrogen) atoms. The zero-order chi connectivity index (χ0) is 49.2. The van der Waals surface area contributed by atoms with Gasteiger partial charge in [0.15, 0.2) is 0 Å². The van der Waals surface area contributed by atoms with Crippen LogP contribution in [0.1, 0.15) is 123 Å². The average Bonchev–Trinajstić information content (AvgIpc) is 3.67. The Morgan fingerprint density at radius 3 is 2.00 bits per heavy atom. The van der Waals surface area contributed by atoms with Crippen molar-refractivity contribution in [1.29, 1.82) is 0 Å². The van der Waals surface area contributed by atoms with Crippen molar-refractivity contribution in [3.63, 3.8) is 0 Å². The number of pyridine rings is 1. The molecular formula is C58H60N3OPt-. The Bertz CT molecular complexity index is 3170. The van der Waals surface area contributed by atoms with Crippen molar-refractivity contribution in [2.45, 2.75) is 106 Å². The third-order valence-corrected chi connectivity index (χ3v) is 12.0. The number of para-hydroxylation sites is 1. The quantitative estimate of drug-likeness (QED) is 0.154. The molecule has 0 saturated heterocycles. The van der Waals surface area contributed by atoms with Crippen LogP contribution in [0.15, 0.2) is 128 Å². The zero-order valence-corrected chi connectivity index (χ0v) is 40.2. The van der Waals surface area contributed by atoms with Crippen molar-refractivity contribution in [3.05, 3.63) is 167 Å². The fourth-order valence-corrected chi connectivity index (χ4v) is 8.19. The molecule has 5 heteroatoms. The molecule has 324 valence electrons. The smallest absolute Gasteiger partial charge is 0.148 e. The molecular weight excluding hydrogens is 950 g/mol. The van der Waals surface area contributed by atoms with Gasteiger partial charge in [-0.1, -0.05) is 159 Å². The molecule has 0 saturated carbocycles. The molecule has 8 aromatic rings. The SMILES string of the molecule is [2H]C([2H])([2H])c1cc(-n2c(-c3cc(C(C)C)cc(C(C)C)c3O)nc3c(-c4[c-]c(-c5cc(-c6ccc(C(C)(C)C)cc6)ccn5)cc(C(C)(C)C)c4)cccc32)cc(-c2ccccc2)c1C([2H])([2H])[2H].[Pt]. The molecule has 0 amide bonds. The normalized spacial score (nSPS) is 13.8. The summed E-state index contributed by atoms with van der Waals surface area (Å²) in [6.45, 7) is 15.9. The first-order chi connectivity index (χ1) is 31.8. The van der Waals surface area contributed by atoms with Gasteiger partial charge in [0.05, 0.1) is 16.6 Å². The second kappa shape index (κ2) is 17.5. The van der Waals surface area contributed by atoms with Crippen LogP contribution in [0.4, 0.5) is 0 Å². The van der Waals surface area contributed by atoms with Gasteiger partial charge in [-0.05, 0) is 117 Å². The van der Waals surface area contributed by atoms with Crippen LogP contribution >= 0.6 is 0 Å². The summed E-state index contributed by atoms with van der Waals surface area (Å²) in [6.07, 6.45) is 1.84. The molecule has 8 rings (SSSR count). The predicted molar refractivity (Wildman–Crippen MR) is 262 cm³/mol. The van der Waals surface area contributed by atoms with E-state index in [0.29, 0.717) is 33.7 Å². The summed E-state index contributed by atoms with van der Waals surface area (Å²) in [5.74, 6) is 0.525. The number of nitrogens with zero attached hydrogens (tertiary/aromatic N) is 3. The topological polar surface area (TPSA) is 50.9 Å². The van der Waals surface area contributed by atoms with E-state index in [4.69, 9.17) is 18.2 Å². The molecule has 0 aliphatic heterocycles. The summed E-state index contributed by atoms with van der Waals surface area (Å²) < 4.78 is 54.1. The standard InChI is InChI=1S/C58H60N3O.Pt/c1-35(2)42-31-49(36(3)4)55(62)51(32-42)56-60-54-48(19-16-20-53(54)61(56)47-27-37(5)38(6)50(34-47)40-17-14-13-15-18-40)43-28-44(30-46(29-43)58(10,11)12)52-33-41(25-26-59-52)39-21-23-45(24-22-39)57(7,8)9;/h13-27,29-36,62H,1-12H3;/q-1;/i5D3,6D3;. The number of phenolic OH excluding ortho intramolecular Hbond substituents is 1. The molecule has 0 aliphatic rings. The maximum Gasteiger partial charge on any atom is 0.148 e. The number of rotatable bonds is 8. The second-order valence-corrected chi connectivity index (χ2v) is 19.2. The second-order valence-electron chi connectivity index (χ2n) is 19.2. The Morgan fingerprint density at radius 1 is 0.635 bits per heavy atom. The van der Waals surface area contributed by atoms with E-state index in [-0.39, 0.29) is 66.2 Å². The molecule has 2 aromatic heterocycles. The summed E-state index contributed by atoms with van der Waals surface area (Å²) in [5.41, 5.74) is 11.5. The molecule has 0 fully saturated rings. The minimum Gasteiger partial charge on any atom is -0.507 e. The summed E-state index contributed by atoms with van der Waals surface area (Å²) in [5, 5.41) is 12.3. The largest absolute Gasteiger partial charge is 0.507 e. The third kappa shape index (κ3) is 8.98. The molecule has 0 aliphatic carbocycles. The van der Waals surface area contributed by atoms with Crippen LogP contribution in [0.25, 0.3) is 72.7 Å². The van der Waals surface area contributed by atoms with Crippen LogP contribution < -0.4 is 0 Å². The molecule has 2 heterocycles. The van der Waals surface area contributed by atoms with E-state index in [1.165, 1.54) is 11.6 Å². The molecule has 1 N–H and O–H groups in total. The van der Waals surface area contributed by atoms with Crippen LogP contribution in [-0.4, -0.2) is 19.6 Å². The van der Waals surface area contributed by atoms with Crippen molar-refractivity contribution in [1.82, 2.24) is 14.5 Å². The van der Waals surface area contributed by atoms with Crippen molar-refractivity contribution in [3.8, 4) is 67.5 Å². The zero-order valence-electron chi connectivity index (χ0n) is 43.9. The van der Waals surface area contributed by atoms with Crippen molar-refractivity contribution < 1.29 is 34.4 Å². The van der Waals surface area contributed by atoms with Gasteiger partial charge in [-0.25, -0.2) is 4.98 Å². The molecule has 4 nitrogen and oxygen atoms in total. The first-order valence-corrected chi connectivity index (χ1v) is 21.6. The summed E-state index contributed by atoms with van der Waals surface area (Å²) in [6, 6.07) is 43.0. The summed E-state index contributed by atoms with van der Waals surface area (Å²) in [7, 11) is 0. The van der Waals surface area contributed by atoms with E-state index in [1.807, 2.05) is 67.1 Å². The predicted octanol–water partition coefficient (Wildman–Crippen LogP) is 15.7. The van der Waals surface area contributed by atoms with Gasteiger partial charge in [0, 0.05) is 46.9 Å². The minimum absolute atomic E-state index is 0. The number of aromatic nitrogens is 3. The number of fused-ring (bicyclic) bond motifs is 1. The first-order valence-electron chi connectivity index (χ1n) is 24.6. The van der Waals surface area contributed by atoms with Crippen molar-refractivity contribution in [2.24, 2.45) is 0 Å². The van der Waals surface area contributed by atoms with E-state index >= 15 is 0 Å². The van der Waals surface area contributed by atoms with Gasteiger partial charge in [0.1, 0.15) is 11.6 Å². The number of imidazole rings is 1. The Hall–Kier alpha value is -5.57. The van der Waals surface area contributed by atoms with Crippen LogP contribution in [0, 0.1) is 19.8 Å². The summed E-state index contributed by atoms with van der Waals surface area (Å²) in [4.78, 5) is 10.3. The maximum atomic E-state index is 12.3. The fourth-order valence-electron chi connectivity index (χ4n) is 8.19. The monoisotopic (exact) mass is 1020 g/mol. The number of hydrogen-bond acceptors (Lipinski definition) is 3. The molecule has 0 bridgehead atoms. The Morgan fingerprint density at radius 2 is 1.35 bits per heavy atom. The molecule has 0 spiro atoms. The Kier molecular flexibility index (Phi) is 10.6. The van der Waals surface area contributed by atoms with Gasteiger partial charge in [-0.3, -0.25) is 9.55 Å². The van der Waals surface area contributed by atoms with Crippen LogP contribution in [0.2, 0.25) is 0 Å². The van der Waals surface area contributed by atoms with Crippen LogP contribution in [0.3, 0.4) is 0 Å². The number of benzene rings is 6. The molecule has 0 unspecified atom stereocenters. The Labute approximate surface area is 398 Å². The van der Waals surface area contributed by atoms with Gasteiger partial charge in [-0.15, -0.1) is 29.3 Å². The number of aryl methyl sites for hydroxylation is 1. The van der Waals surface area contributed by atoms with E-state index in [2.05, 4.69) is 104 Å². The molecule has 0 atom stereocenters. The van der Waals surface area contributed by atoms with E-state index in [9.17, 15) is 5.11 Å². The maximum absolute atomic E-state index is 12.3. The average molecular weight is 1020 g/mol. The van der Waals surface area contributed by atoms with E-state index < -0.39 is 13.7 Å². The Balaban J connectivity index is 0.00000703. The van der Waals surface area contributed by atoms with Gasteiger partial charge in [0.2, 0.25) is 0 Å². The van der Waals surface area contributed by atoms with Gasteiger partial charge < -0.3 is 5.11 Å². The minimum atomic E-state index is -2.80. The van der Waals surface area contributed by atoms with Crippen molar-refractivity contribution >= 4 is 11.0 Å². The first kappa shape index (κ1) is 37.9. The number of hydrogen-bond donors (Lipinski definition) is 1. The van der Waals surface area contributed by atoms with Crippen LogP contribution in [0.5, 0.6) is 5.75 Å². The number of aromatic hydroxyl groups is 1.